The van der Waals surface area contributed by atoms with E-state index in [1.54, 1.807) is 18.6 Å². The van der Waals surface area contributed by atoms with Crippen LogP contribution in [0.15, 0.2) is 73.2 Å². The normalized spacial score (nSPS) is 8.11. The van der Waals surface area contributed by atoms with Crippen molar-refractivity contribution in [2.45, 2.75) is 54.4 Å². The van der Waals surface area contributed by atoms with Crippen molar-refractivity contribution in [1.29, 1.82) is 5.26 Å². The molecule has 3 heterocycles. The van der Waals surface area contributed by atoms with Gasteiger partial charge in [-0.3, -0.25) is 15.0 Å². The molecule has 4 nitrogen and oxygen atoms in total. The highest BCUT2D eigenvalue weighted by Crippen LogP contribution is 2.19. The molecule has 4 heteroatoms. The van der Waals surface area contributed by atoms with Crippen molar-refractivity contribution in [3.05, 3.63) is 90.3 Å². The van der Waals surface area contributed by atoms with Crippen LogP contribution in [-0.4, -0.2) is 15.0 Å². The summed E-state index contributed by atoms with van der Waals surface area (Å²) in [5, 5.41) is 9.10. The molecule has 0 amide bonds. The molecule has 0 fully saturated rings. The number of aryl methyl sites for hydroxylation is 1. The molecule has 0 spiro atoms. The molecule has 150 valence electrons. The lowest BCUT2D eigenvalue weighted by atomic mass is 10.0. The largest absolute Gasteiger partial charge is 0.262 e. The molecule has 0 atom stereocenters. The topological polar surface area (TPSA) is 62.5 Å². The molecular weight excluding hydrogens is 344 g/mol. The van der Waals surface area contributed by atoms with Crippen LogP contribution in [0.2, 0.25) is 0 Å². The van der Waals surface area contributed by atoms with Gasteiger partial charge < -0.3 is 0 Å². The minimum Gasteiger partial charge on any atom is -0.262 e. The Kier molecular flexibility index (Phi) is 19.6. The van der Waals surface area contributed by atoms with E-state index in [1.807, 2.05) is 103 Å². The molecule has 0 saturated carbocycles. The summed E-state index contributed by atoms with van der Waals surface area (Å²) in [6, 6.07) is 19.1. The van der Waals surface area contributed by atoms with E-state index < -0.39 is 0 Å². The summed E-state index contributed by atoms with van der Waals surface area (Å²) in [5.74, 6) is -0.382. The lowest BCUT2D eigenvalue weighted by Crippen LogP contribution is -2.02. The summed E-state index contributed by atoms with van der Waals surface area (Å²) in [4.78, 5) is 12.3. The third kappa shape index (κ3) is 11.5. The number of nitriles is 1. The standard InChI is InChI=1S/C12H9N3.C6H7N.3C2H6/c13-9-10(11-5-1-3-7-14-11)12-6-2-4-8-15-12;1-6-4-2-3-5-7-6;3*1-2/h1-8,10H;2-5H,1H3;3*1-2H3. The highest BCUT2D eigenvalue weighted by atomic mass is 14.7. The Morgan fingerprint density at radius 2 is 1.04 bits per heavy atom. The SMILES string of the molecule is CC.CC.CC.Cc1ccccn1.N#CC(c1ccccn1)c1ccccn1. The molecule has 0 aliphatic heterocycles. The van der Waals surface area contributed by atoms with Gasteiger partial charge in [0.25, 0.3) is 0 Å². The average Bonchev–Trinajstić information content (AvgIpc) is 2.81. The van der Waals surface area contributed by atoms with E-state index in [0.717, 1.165) is 17.1 Å². The lowest BCUT2D eigenvalue weighted by Gasteiger charge is -2.06. The summed E-state index contributed by atoms with van der Waals surface area (Å²) in [6.45, 7) is 14.0. The van der Waals surface area contributed by atoms with Gasteiger partial charge in [-0.25, -0.2) is 0 Å². The van der Waals surface area contributed by atoms with Gasteiger partial charge in [0, 0.05) is 24.3 Å². The molecule has 3 aromatic heterocycles. The molecule has 0 unspecified atom stereocenters. The Balaban J connectivity index is 0. The summed E-state index contributed by atoms with van der Waals surface area (Å²) >= 11 is 0. The van der Waals surface area contributed by atoms with E-state index in [2.05, 4.69) is 21.0 Å². The Hall–Kier alpha value is -3.06. The predicted molar refractivity (Wildman–Crippen MR) is 119 cm³/mol. The molecule has 0 aromatic carbocycles. The van der Waals surface area contributed by atoms with Gasteiger partial charge in [-0.15, -0.1) is 0 Å². The van der Waals surface area contributed by atoms with Crippen molar-refractivity contribution in [1.82, 2.24) is 15.0 Å². The molecule has 0 N–H and O–H groups in total. The second kappa shape index (κ2) is 20.3. The van der Waals surface area contributed by atoms with Crippen LogP contribution in [0.5, 0.6) is 0 Å². The maximum atomic E-state index is 9.10. The first kappa shape index (κ1) is 27.2. The van der Waals surface area contributed by atoms with E-state index in [9.17, 15) is 0 Å². The quantitative estimate of drug-likeness (QED) is 0.504. The highest BCUT2D eigenvalue weighted by molar-refractivity contribution is 5.29. The van der Waals surface area contributed by atoms with Crippen LogP contribution < -0.4 is 0 Å². The summed E-state index contributed by atoms with van der Waals surface area (Å²) in [6.07, 6.45) is 5.15. The summed E-state index contributed by atoms with van der Waals surface area (Å²) in [7, 11) is 0. The average molecular weight is 379 g/mol. The smallest absolute Gasteiger partial charge is 0.130 e. The van der Waals surface area contributed by atoms with Crippen molar-refractivity contribution in [2.75, 3.05) is 0 Å². The second-order valence-electron chi connectivity index (χ2n) is 4.54. The van der Waals surface area contributed by atoms with Gasteiger partial charge in [0.1, 0.15) is 5.92 Å². The van der Waals surface area contributed by atoms with Crippen LogP contribution in [-0.2, 0) is 0 Å². The van der Waals surface area contributed by atoms with E-state index in [1.165, 1.54) is 0 Å². The molecule has 0 aliphatic carbocycles. The maximum absolute atomic E-state index is 9.10. The maximum Gasteiger partial charge on any atom is 0.130 e. The zero-order chi connectivity index (χ0) is 21.6. The van der Waals surface area contributed by atoms with Gasteiger partial charge >= 0.3 is 0 Å². The molecule has 3 rings (SSSR count). The Labute approximate surface area is 171 Å². The Bertz CT molecular complexity index is 668. The number of nitrogens with zero attached hydrogens (tertiary/aromatic N) is 4. The molecule has 3 aromatic rings. The van der Waals surface area contributed by atoms with Gasteiger partial charge in [0.2, 0.25) is 0 Å². The fourth-order valence-corrected chi connectivity index (χ4v) is 1.83. The Morgan fingerprint density at radius 3 is 1.25 bits per heavy atom. The zero-order valence-electron chi connectivity index (χ0n) is 18.3. The van der Waals surface area contributed by atoms with E-state index >= 15 is 0 Å². The van der Waals surface area contributed by atoms with Gasteiger partial charge in [-0.05, 0) is 43.3 Å². The van der Waals surface area contributed by atoms with Crippen molar-refractivity contribution in [3.63, 3.8) is 0 Å². The molecule has 0 saturated heterocycles. The lowest BCUT2D eigenvalue weighted by molar-refractivity contribution is 0.917. The fraction of sp³-hybridized carbons (Fsp3) is 0.333. The number of aromatic nitrogens is 3. The van der Waals surface area contributed by atoms with Crippen molar-refractivity contribution in [3.8, 4) is 6.07 Å². The van der Waals surface area contributed by atoms with E-state index in [4.69, 9.17) is 5.26 Å². The first-order valence-electron chi connectivity index (χ1n) is 9.90. The zero-order valence-corrected chi connectivity index (χ0v) is 18.3. The van der Waals surface area contributed by atoms with Crippen molar-refractivity contribution >= 4 is 0 Å². The van der Waals surface area contributed by atoms with Crippen LogP contribution in [0.25, 0.3) is 0 Å². The van der Waals surface area contributed by atoms with Gasteiger partial charge in [0.15, 0.2) is 0 Å². The molecular formula is C24H34N4. The van der Waals surface area contributed by atoms with Crippen LogP contribution in [0, 0.1) is 18.3 Å². The summed E-state index contributed by atoms with van der Waals surface area (Å²) in [5.41, 5.74) is 2.54. The van der Waals surface area contributed by atoms with Crippen LogP contribution in [0.1, 0.15) is 64.5 Å². The monoisotopic (exact) mass is 378 g/mol. The van der Waals surface area contributed by atoms with Crippen LogP contribution >= 0.6 is 0 Å². The predicted octanol–water partition coefficient (Wildman–Crippen LogP) is 6.60. The minimum atomic E-state index is -0.382. The van der Waals surface area contributed by atoms with E-state index in [0.29, 0.717) is 0 Å². The molecule has 0 bridgehead atoms. The van der Waals surface area contributed by atoms with Crippen LogP contribution in [0.3, 0.4) is 0 Å². The van der Waals surface area contributed by atoms with Crippen LogP contribution in [0.4, 0.5) is 0 Å². The molecule has 0 aliphatic rings. The second-order valence-corrected chi connectivity index (χ2v) is 4.54. The van der Waals surface area contributed by atoms with Crippen molar-refractivity contribution in [2.24, 2.45) is 0 Å². The van der Waals surface area contributed by atoms with Crippen molar-refractivity contribution < 1.29 is 0 Å². The third-order valence-electron chi connectivity index (χ3n) is 2.91. The fourth-order valence-electron chi connectivity index (χ4n) is 1.83. The number of hydrogen-bond donors (Lipinski definition) is 0. The van der Waals surface area contributed by atoms with Gasteiger partial charge in [0.05, 0.1) is 17.5 Å². The summed E-state index contributed by atoms with van der Waals surface area (Å²) < 4.78 is 0. The highest BCUT2D eigenvalue weighted by Gasteiger charge is 2.14. The first-order valence-corrected chi connectivity index (χ1v) is 9.90. The minimum absolute atomic E-state index is 0.382. The molecule has 0 radical (unpaired) electrons. The van der Waals surface area contributed by atoms with E-state index in [-0.39, 0.29) is 5.92 Å². The number of hydrogen-bond acceptors (Lipinski definition) is 4. The van der Waals surface area contributed by atoms with Gasteiger partial charge in [-0.1, -0.05) is 59.7 Å². The number of rotatable bonds is 2. The Morgan fingerprint density at radius 1 is 0.643 bits per heavy atom. The van der Waals surface area contributed by atoms with Gasteiger partial charge in [-0.2, -0.15) is 5.26 Å². The third-order valence-corrected chi connectivity index (χ3v) is 2.91. The molecule has 28 heavy (non-hydrogen) atoms. The first-order chi connectivity index (χ1) is 13.8. The number of pyridine rings is 3.